The van der Waals surface area contributed by atoms with Gasteiger partial charge in [0.1, 0.15) is 5.82 Å². The summed E-state index contributed by atoms with van der Waals surface area (Å²) in [5.74, 6) is -0.448. The van der Waals surface area contributed by atoms with Gasteiger partial charge in [0.2, 0.25) is 0 Å². The average molecular weight is 341 g/mol. The van der Waals surface area contributed by atoms with Crippen LogP contribution in [0.4, 0.5) is 4.39 Å². The molecular formula is C18H16FN3O3. The van der Waals surface area contributed by atoms with Crippen molar-refractivity contribution in [2.45, 2.75) is 19.1 Å². The van der Waals surface area contributed by atoms with Gasteiger partial charge in [-0.1, -0.05) is 17.3 Å². The summed E-state index contributed by atoms with van der Waals surface area (Å²) in [6.45, 7) is 1.65. The second-order valence-corrected chi connectivity index (χ2v) is 5.58. The SMILES string of the molecule is C[C@H](NC(=O)c1cc(-c2cccnc2)on1)[C@@H](O)c1ccc(F)cc1. The van der Waals surface area contributed by atoms with E-state index < -0.39 is 23.9 Å². The normalized spacial score (nSPS) is 13.2. The number of aromatic nitrogens is 2. The summed E-state index contributed by atoms with van der Waals surface area (Å²) in [6.07, 6.45) is 2.25. The zero-order valence-electron chi connectivity index (χ0n) is 13.4. The lowest BCUT2D eigenvalue weighted by atomic mass is 10.0. The molecule has 0 unspecified atom stereocenters. The van der Waals surface area contributed by atoms with Crippen LogP contribution >= 0.6 is 0 Å². The van der Waals surface area contributed by atoms with Gasteiger partial charge in [-0.2, -0.15) is 0 Å². The third-order valence-corrected chi connectivity index (χ3v) is 3.73. The molecule has 0 spiro atoms. The highest BCUT2D eigenvalue weighted by Gasteiger charge is 2.21. The molecule has 2 atom stereocenters. The van der Waals surface area contributed by atoms with E-state index in [1.807, 2.05) is 0 Å². The number of pyridine rings is 1. The zero-order chi connectivity index (χ0) is 17.8. The number of rotatable bonds is 5. The van der Waals surface area contributed by atoms with Crippen LogP contribution in [0.5, 0.6) is 0 Å². The Morgan fingerprint density at radius 2 is 2.04 bits per heavy atom. The Balaban J connectivity index is 1.67. The standard InChI is InChI=1S/C18H16FN3O3/c1-11(17(23)12-4-6-14(19)7-5-12)21-18(24)15-9-16(25-22-15)13-3-2-8-20-10-13/h2-11,17,23H,1H3,(H,21,24)/t11-,17+/m0/s1. The van der Waals surface area contributed by atoms with E-state index in [1.165, 1.54) is 30.3 Å². The molecule has 0 aliphatic carbocycles. The largest absolute Gasteiger partial charge is 0.386 e. The van der Waals surface area contributed by atoms with Crippen molar-refractivity contribution in [3.63, 3.8) is 0 Å². The molecule has 1 amide bonds. The van der Waals surface area contributed by atoms with Crippen LogP contribution in [0.1, 0.15) is 29.1 Å². The Hall–Kier alpha value is -3.06. The lowest BCUT2D eigenvalue weighted by Crippen LogP contribution is -2.37. The molecule has 3 aromatic rings. The minimum Gasteiger partial charge on any atom is -0.386 e. The Morgan fingerprint density at radius 1 is 1.28 bits per heavy atom. The molecule has 0 saturated heterocycles. The number of carbonyl (C=O) groups is 1. The molecule has 2 aromatic heterocycles. The van der Waals surface area contributed by atoms with E-state index in [1.54, 1.807) is 31.5 Å². The summed E-state index contributed by atoms with van der Waals surface area (Å²) in [5.41, 5.74) is 1.30. The van der Waals surface area contributed by atoms with Gasteiger partial charge in [0.25, 0.3) is 5.91 Å². The van der Waals surface area contributed by atoms with Crippen molar-refractivity contribution in [1.29, 1.82) is 0 Å². The first-order chi connectivity index (χ1) is 12.0. The van der Waals surface area contributed by atoms with Crippen molar-refractivity contribution < 1.29 is 18.8 Å². The van der Waals surface area contributed by atoms with Gasteiger partial charge in [0, 0.05) is 24.0 Å². The highest BCUT2D eigenvalue weighted by atomic mass is 19.1. The quantitative estimate of drug-likeness (QED) is 0.745. The van der Waals surface area contributed by atoms with E-state index >= 15 is 0 Å². The number of nitrogens with one attached hydrogen (secondary N) is 1. The van der Waals surface area contributed by atoms with E-state index in [2.05, 4.69) is 15.5 Å². The summed E-state index contributed by atoms with van der Waals surface area (Å²) in [5, 5.41) is 16.7. The van der Waals surface area contributed by atoms with Crippen LogP contribution in [-0.2, 0) is 0 Å². The van der Waals surface area contributed by atoms with Crippen LogP contribution in [0.3, 0.4) is 0 Å². The molecule has 0 bridgehead atoms. The van der Waals surface area contributed by atoms with Gasteiger partial charge in [-0.25, -0.2) is 4.39 Å². The highest BCUT2D eigenvalue weighted by Crippen LogP contribution is 2.20. The maximum absolute atomic E-state index is 13.0. The monoisotopic (exact) mass is 341 g/mol. The molecule has 25 heavy (non-hydrogen) atoms. The van der Waals surface area contributed by atoms with Crippen LogP contribution in [0.2, 0.25) is 0 Å². The third kappa shape index (κ3) is 3.89. The molecule has 6 nitrogen and oxygen atoms in total. The van der Waals surface area contributed by atoms with Crippen molar-refractivity contribution in [1.82, 2.24) is 15.5 Å². The fourth-order valence-corrected chi connectivity index (χ4v) is 2.34. The molecule has 128 valence electrons. The Labute approximate surface area is 143 Å². The molecule has 0 aliphatic heterocycles. The van der Waals surface area contributed by atoms with E-state index in [0.29, 0.717) is 16.9 Å². The number of hydrogen-bond donors (Lipinski definition) is 2. The first kappa shape index (κ1) is 16.8. The van der Waals surface area contributed by atoms with Crippen molar-refractivity contribution >= 4 is 5.91 Å². The van der Waals surface area contributed by atoms with E-state index in [0.717, 1.165) is 0 Å². The molecule has 0 saturated carbocycles. The van der Waals surface area contributed by atoms with E-state index in [-0.39, 0.29) is 5.69 Å². The minimum absolute atomic E-state index is 0.0945. The van der Waals surface area contributed by atoms with Gasteiger partial charge in [0.05, 0.1) is 12.1 Å². The van der Waals surface area contributed by atoms with Gasteiger partial charge >= 0.3 is 0 Å². The Kier molecular flexibility index (Phi) is 4.85. The lowest BCUT2D eigenvalue weighted by Gasteiger charge is -2.20. The number of carbonyl (C=O) groups excluding carboxylic acids is 1. The van der Waals surface area contributed by atoms with Crippen LogP contribution in [-0.4, -0.2) is 27.2 Å². The molecule has 0 aliphatic rings. The second kappa shape index (κ2) is 7.23. The second-order valence-electron chi connectivity index (χ2n) is 5.58. The van der Waals surface area contributed by atoms with E-state index in [4.69, 9.17) is 4.52 Å². The summed E-state index contributed by atoms with van der Waals surface area (Å²) in [7, 11) is 0. The lowest BCUT2D eigenvalue weighted by molar-refractivity contribution is 0.0843. The molecule has 7 heteroatoms. The fraction of sp³-hybridized carbons (Fsp3) is 0.167. The smallest absolute Gasteiger partial charge is 0.273 e. The van der Waals surface area contributed by atoms with Gasteiger partial charge in [-0.3, -0.25) is 9.78 Å². The van der Waals surface area contributed by atoms with Gasteiger partial charge in [-0.15, -0.1) is 0 Å². The maximum atomic E-state index is 13.0. The third-order valence-electron chi connectivity index (χ3n) is 3.73. The van der Waals surface area contributed by atoms with Crippen molar-refractivity contribution in [2.24, 2.45) is 0 Å². The first-order valence-corrected chi connectivity index (χ1v) is 7.66. The van der Waals surface area contributed by atoms with Gasteiger partial charge in [0.15, 0.2) is 11.5 Å². The number of benzene rings is 1. The molecule has 1 aromatic carbocycles. The molecule has 2 N–H and O–H groups in total. The average Bonchev–Trinajstić information content (AvgIpc) is 3.13. The summed E-state index contributed by atoms with van der Waals surface area (Å²) in [6, 6.07) is 9.89. The van der Waals surface area contributed by atoms with Crippen LogP contribution in [0.15, 0.2) is 59.4 Å². The number of halogens is 1. The summed E-state index contributed by atoms with van der Waals surface area (Å²) < 4.78 is 18.1. The minimum atomic E-state index is -0.978. The van der Waals surface area contributed by atoms with Crippen LogP contribution < -0.4 is 5.32 Å². The predicted molar refractivity (Wildman–Crippen MR) is 88.0 cm³/mol. The summed E-state index contributed by atoms with van der Waals surface area (Å²) >= 11 is 0. The highest BCUT2D eigenvalue weighted by molar-refractivity contribution is 5.93. The number of aliphatic hydroxyl groups is 1. The Morgan fingerprint density at radius 3 is 2.72 bits per heavy atom. The van der Waals surface area contributed by atoms with Crippen molar-refractivity contribution in [2.75, 3.05) is 0 Å². The molecular weight excluding hydrogens is 325 g/mol. The van der Waals surface area contributed by atoms with Crippen molar-refractivity contribution in [3.8, 4) is 11.3 Å². The van der Waals surface area contributed by atoms with Crippen LogP contribution in [0, 0.1) is 5.82 Å². The fourth-order valence-electron chi connectivity index (χ4n) is 2.34. The Bertz CT molecular complexity index is 850. The van der Waals surface area contributed by atoms with Crippen molar-refractivity contribution in [3.05, 3.63) is 71.9 Å². The van der Waals surface area contributed by atoms with Gasteiger partial charge < -0.3 is 14.9 Å². The molecule has 0 fully saturated rings. The molecule has 3 rings (SSSR count). The predicted octanol–water partition coefficient (Wildman–Crippen LogP) is 2.73. The number of aliphatic hydroxyl groups excluding tert-OH is 1. The van der Waals surface area contributed by atoms with Crippen LogP contribution in [0.25, 0.3) is 11.3 Å². The topological polar surface area (TPSA) is 88.3 Å². The van der Waals surface area contributed by atoms with E-state index in [9.17, 15) is 14.3 Å². The molecule has 2 heterocycles. The molecule has 0 radical (unpaired) electrons. The summed E-state index contributed by atoms with van der Waals surface area (Å²) in [4.78, 5) is 16.2. The first-order valence-electron chi connectivity index (χ1n) is 7.66. The zero-order valence-corrected chi connectivity index (χ0v) is 13.4. The number of hydrogen-bond acceptors (Lipinski definition) is 5. The van der Waals surface area contributed by atoms with Gasteiger partial charge in [-0.05, 0) is 36.8 Å². The maximum Gasteiger partial charge on any atom is 0.273 e. The number of amides is 1. The number of nitrogens with zero attached hydrogens (tertiary/aromatic N) is 2.